The zero-order valence-electron chi connectivity index (χ0n) is 7.10. The zero-order valence-corrected chi connectivity index (χ0v) is 15.4. The van der Waals surface area contributed by atoms with E-state index in [1.165, 1.54) is 0 Å². The molecule has 0 radical (unpaired) electrons. The van der Waals surface area contributed by atoms with Crippen LogP contribution in [0, 0.1) is 0 Å². The van der Waals surface area contributed by atoms with Crippen LogP contribution in [0.25, 0.3) is 0 Å². The van der Waals surface area contributed by atoms with Crippen LogP contribution < -0.4 is 0 Å². The summed E-state index contributed by atoms with van der Waals surface area (Å²) in [6, 6.07) is 0. The van der Waals surface area contributed by atoms with Gasteiger partial charge in [-0.1, -0.05) is 128 Å². The largest absolute Gasteiger partial charge is 0.256 e. The first-order valence-electron chi connectivity index (χ1n) is 3.28. The Morgan fingerprint density at radius 2 is 1.00 bits per heavy atom. The third kappa shape index (κ3) is 5.28. The minimum Gasteiger partial charge on any atom is -0.231 e. The van der Waals surface area contributed by atoms with Crippen LogP contribution in [-0.2, 0) is 0 Å². The SMILES string of the molecule is ClC(=NC(Cl)(Cl)C(Cl)(Cl)Cl)C(Cl)(Cl)C(Cl)(Cl)Cl. The normalized spacial score (nSPS) is 16.3. The summed E-state index contributed by atoms with van der Waals surface area (Å²) >= 11 is 61.0. The molecule has 0 fully saturated rings. The Hall–Kier alpha value is 2.86. The average molecular weight is 464 g/mol. The number of rotatable bonds is 2. The molecule has 17 heavy (non-hydrogen) atoms. The maximum absolute atomic E-state index is 5.68. The summed E-state index contributed by atoms with van der Waals surface area (Å²) in [6.45, 7) is 0. The van der Waals surface area contributed by atoms with Crippen LogP contribution in [0.2, 0.25) is 0 Å². The van der Waals surface area contributed by atoms with E-state index in [9.17, 15) is 0 Å². The fourth-order valence-electron chi connectivity index (χ4n) is 0.374. The molecule has 0 unspecified atom stereocenters. The molecule has 0 bridgehead atoms. The van der Waals surface area contributed by atoms with Gasteiger partial charge in [-0.2, -0.15) is 0 Å². The molecule has 0 atom stereocenters. The smallest absolute Gasteiger partial charge is 0.231 e. The van der Waals surface area contributed by atoms with Gasteiger partial charge in [0.1, 0.15) is 5.17 Å². The van der Waals surface area contributed by atoms with Crippen molar-refractivity contribution in [3.63, 3.8) is 0 Å². The molecule has 0 aliphatic rings. The lowest BCUT2D eigenvalue weighted by Gasteiger charge is -2.29. The Labute approximate surface area is 152 Å². The zero-order chi connectivity index (χ0) is 14.3. The van der Waals surface area contributed by atoms with Gasteiger partial charge in [0.05, 0.1) is 0 Å². The third-order valence-corrected chi connectivity index (χ3v) is 6.25. The molecule has 0 rings (SSSR count). The van der Waals surface area contributed by atoms with Gasteiger partial charge in [-0.25, -0.2) is 4.99 Å². The van der Waals surface area contributed by atoms with Gasteiger partial charge < -0.3 is 0 Å². The second-order valence-corrected chi connectivity index (χ2v) is 10.0. The molecular weight excluding hydrogens is 464 g/mol. The summed E-state index contributed by atoms with van der Waals surface area (Å²) in [7, 11) is 0. The molecule has 0 aromatic carbocycles. The van der Waals surface area contributed by atoms with E-state index in [2.05, 4.69) is 4.99 Å². The van der Waals surface area contributed by atoms with Crippen molar-refractivity contribution in [2.45, 2.75) is 16.4 Å². The predicted molar refractivity (Wildman–Crippen MR) is 82.7 cm³/mol. The van der Waals surface area contributed by atoms with Crippen molar-refractivity contribution < 1.29 is 0 Å². The fraction of sp³-hybridized carbons (Fsp3) is 0.800. The lowest BCUT2D eigenvalue weighted by Crippen LogP contribution is -2.40. The number of hydrogen-bond donors (Lipinski definition) is 0. The first kappa shape index (κ1) is 19.9. The summed E-state index contributed by atoms with van der Waals surface area (Å²) in [4.78, 5) is 3.42. The molecule has 12 heteroatoms. The van der Waals surface area contributed by atoms with Gasteiger partial charge in [-0.3, -0.25) is 0 Å². The van der Waals surface area contributed by atoms with Gasteiger partial charge in [0.2, 0.25) is 11.9 Å². The number of nitrogens with zero attached hydrogens (tertiary/aromatic N) is 1. The van der Waals surface area contributed by atoms with E-state index < -0.39 is 21.5 Å². The van der Waals surface area contributed by atoms with Gasteiger partial charge >= 0.3 is 0 Å². The minimum absolute atomic E-state index is 0.655. The van der Waals surface area contributed by atoms with E-state index in [-0.39, 0.29) is 0 Å². The second-order valence-electron chi connectivity index (χ2n) is 2.51. The van der Waals surface area contributed by atoms with Crippen LogP contribution in [0.5, 0.6) is 0 Å². The molecule has 1 nitrogen and oxygen atoms in total. The maximum atomic E-state index is 5.68. The van der Waals surface area contributed by atoms with Crippen molar-refractivity contribution in [1.82, 2.24) is 0 Å². The quantitative estimate of drug-likeness (QED) is 0.246. The van der Waals surface area contributed by atoms with Gasteiger partial charge in [-0.05, 0) is 0 Å². The topological polar surface area (TPSA) is 12.4 Å². The fourth-order valence-corrected chi connectivity index (χ4v) is 1.52. The number of hydrogen-bond acceptors (Lipinski definition) is 1. The Morgan fingerprint density at radius 1 is 0.647 bits per heavy atom. The Bertz CT molecular complexity index is 307. The first-order valence-corrected chi connectivity index (χ1v) is 7.43. The van der Waals surface area contributed by atoms with Crippen LogP contribution >= 0.6 is 128 Å². The summed E-state index contributed by atoms with van der Waals surface area (Å²) in [5.74, 6) is 0. The highest BCUT2D eigenvalue weighted by molar-refractivity contribution is 6.88. The minimum atomic E-state index is -2.26. The summed E-state index contributed by atoms with van der Waals surface area (Å²) in [6.07, 6.45) is 0. The summed E-state index contributed by atoms with van der Waals surface area (Å²) in [5.41, 5.74) is 0. The lowest BCUT2D eigenvalue weighted by atomic mass is 10.5. The van der Waals surface area contributed by atoms with Crippen molar-refractivity contribution >= 4 is 133 Å². The molecule has 0 amide bonds. The van der Waals surface area contributed by atoms with Crippen LogP contribution in [0.4, 0.5) is 0 Å². The van der Waals surface area contributed by atoms with Crippen molar-refractivity contribution in [2.24, 2.45) is 4.99 Å². The molecule has 0 aliphatic heterocycles. The van der Waals surface area contributed by atoms with Crippen LogP contribution in [-0.4, -0.2) is 21.5 Å². The molecule has 0 aromatic rings. The monoisotopic (exact) mass is 459 g/mol. The molecule has 0 saturated heterocycles. The highest BCUT2D eigenvalue weighted by Crippen LogP contribution is 2.51. The van der Waals surface area contributed by atoms with E-state index in [1.54, 1.807) is 0 Å². The van der Waals surface area contributed by atoms with Gasteiger partial charge in [0.15, 0.2) is 0 Å². The van der Waals surface area contributed by atoms with Crippen molar-refractivity contribution in [2.75, 3.05) is 0 Å². The van der Waals surface area contributed by atoms with Gasteiger partial charge in [-0.15, -0.1) is 0 Å². The molecule has 0 saturated carbocycles. The highest BCUT2D eigenvalue weighted by atomic mass is 35.6. The Kier molecular flexibility index (Phi) is 7.38. The van der Waals surface area contributed by atoms with Crippen molar-refractivity contribution in [3.05, 3.63) is 0 Å². The Balaban J connectivity index is 5.40. The number of aliphatic imine (C=N–C) groups is 1. The Morgan fingerprint density at radius 3 is 1.24 bits per heavy atom. The van der Waals surface area contributed by atoms with Crippen molar-refractivity contribution in [3.8, 4) is 0 Å². The van der Waals surface area contributed by atoms with Crippen LogP contribution in [0.1, 0.15) is 0 Å². The average Bonchev–Trinajstić information content (AvgIpc) is 1.98. The first-order chi connectivity index (χ1) is 7.13. The molecule has 102 valence electrons. The van der Waals surface area contributed by atoms with Crippen LogP contribution in [0.3, 0.4) is 0 Å². The van der Waals surface area contributed by atoms with E-state index in [1.807, 2.05) is 0 Å². The molecule has 0 aliphatic carbocycles. The van der Waals surface area contributed by atoms with Crippen LogP contribution in [0.15, 0.2) is 4.99 Å². The number of halogens is 11. The van der Waals surface area contributed by atoms with E-state index in [4.69, 9.17) is 128 Å². The summed E-state index contributed by atoms with van der Waals surface area (Å²) < 4.78 is -8.88. The molecule has 0 spiro atoms. The standard InChI is InChI=1S/C5Cl11N/c6-1(2(7,8)3(9,10)11)17-5(15,16)4(12,13)14. The third-order valence-electron chi connectivity index (χ3n) is 1.19. The maximum Gasteiger partial charge on any atom is 0.256 e. The highest BCUT2D eigenvalue weighted by Gasteiger charge is 2.53. The molecule has 0 heterocycles. The van der Waals surface area contributed by atoms with Crippen molar-refractivity contribution in [1.29, 1.82) is 0 Å². The van der Waals surface area contributed by atoms with E-state index >= 15 is 0 Å². The van der Waals surface area contributed by atoms with Gasteiger partial charge in [0, 0.05) is 0 Å². The molecule has 0 N–H and O–H groups in total. The molecular formula is C5Cl11N. The van der Waals surface area contributed by atoms with E-state index in [0.29, 0.717) is 0 Å². The lowest BCUT2D eigenvalue weighted by molar-refractivity contribution is 0.842. The number of alkyl halides is 10. The van der Waals surface area contributed by atoms with Gasteiger partial charge in [0.25, 0.3) is 4.46 Å². The van der Waals surface area contributed by atoms with E-state index in [0.717, 1.165) is 0 Å². The second kappa shape index (κ2) is 6.32. The summed E-state index contributed by atoms with van der Waals surface area (Å²) in [5, 5.41) is -0.655. The predicted octanol–water partition coefficient (Wildman–Crippen LogP) is 6.67. The molecule has 0 aromatic heterocycles.